The van der Waals surface area contributed by atoms with Crippen molar-refractivity contribution < 1.29 is 4.79 Å². The minimum atomic E-state index is 0. The maximum absolute atomic E-state index is 12.7. The Morgan fingerprint density at radius 3 is 2.16 bits per heavy atom. The highest BCUT2D eigenvalue weighted by Crippen LogP contribution is 2.40. The SMILES string of the molecule is Cl.Cl.Nc1ccc2c(c1)C(=O)c1cc(N3CC4CNCC4C3)ccc1-2. The van der Waals surface area contributed by atoms with Crippen molar-refractivity contribution in [2.75, 3.05) is 36.8 Å². The third-order valence-corrected chi connectivity index (χ3v) is 5.58. The summed E-state index contributed by atoms with van der Waals surface area (Å²) >= 11 is 0. The Bertz CT molecular complexity index is 827. The number of hydrogen-bond donors (Lipinski definition) is 2. The molecule has 2 unspecified atom stereocenters. The lowest BCUT2D eigenvalue weighted by Crippen LogP contribution is -2.25. The van der Waals surface area contributed by atoms with Crippen molar-refractivity contribution in [3.8, 4) is 11.1 Å². The van der Waals surface area contributed by atoms with Gasteiger partial charge in [-0.05, 0) is 47.2 Å². The van der Waals surface area contributed by atoms with Crippen molar-refractivity contribution in [2.45, 2.75) is 0 Å². The summed E-state index contributed by atoms with van der Waals surface area (Å²) in [6.07, 6.45) is 0. The molecule has 2 aliphatic heterocycles. The fourth-order valence-electron chi connectivity index (χ4n) is 4.35. The van der Waals surface area contributed by atoms with Crippen LogP contribution in [0.5, 0.6) is 0 Å². The first-order valence-electron chi connectivity index (χ1n) is 8.25. The van der Waals surface area contributed by atoms with Gasteiger partial charge < -0.3 is 16.0 Å². The summed E-state index contributed by atoms with van der Waals surface area (Å²) in [6, 6.07) is 11.9. The number of ketones is 1. The van der Waals surface area contributed by atoms with Gasteiger partial charge >= 0.3 is 0 Å². The van der Waals surface area contributed by atoms with Gasteiger partial charge in [0.25, 0.3) is 0 Å². The molecule has 0 bridgehead atoms. The molecule has 2 saturated heterocycles. The third-order valence-electron chi connectivity index (χ3n) is 5.58. The first-order chi connectivity index (χ1) is 11.2. The molecule has 1 aliphatic carbocycles. The topological polar surface area (TPSA) is 58.4 Å². The summed E-state index contributed by atoms with van der Waals surface area (Å²) < 4.78 is 0. The van der Waals surface area contributed by atoms with Gasteiger partial charge in [-0.25, -0.2) is 0 Å². The van der Waals surface area contributed by atoms with Gasteiger partial charge in [0.15, 0.2) is 5.78 Å². The molecule has 0 amide bonds. The zero-order valence-electron chi connectivity index (χ0n) is 13.7. The number of hydrogen-bond acceptors (Lipinski definition) is 4. The average Bonchev–Trinajstić information content (AvgIpc) is 3.21. The van der Waals surface area contributed by atoms with E-state index in [9.17, 15) is 4.79 Å². The molecular weight excluding hydrogens is 357 g/mol. The highest BCUT2D eigenvalue weighted by molar-refractivity contribution is 6.22. The Morgan fingerprint density at radius 1 is 0.880 bits per heavy atom. The van der Waals surface area contributed by atoms with Crippen LogP contribution in [0.2, 0.25) is 0 Å². The Balaban J connectivity index is 0.000000911. The van der Waals surface area contributed by atoms with E-state index in [1.807, 2.05) is 12.1 Å². The van der Waals surface area contributed by atoms with Gasteiger partial charge in [0.1, 0.15) is 0 Å². The van der Waals surface area contributed by atoms with Gasteiger partial charge in [-0.1, -0.05) is 12.1 Å². The Hall–Kier alpha value is -1.75. The largest absolute Gasteiger partial charge is 0.399 e. The summed E-state index contributed by atoms with van der Waals surface area (Å²) in [6.45, 7) is 4.42. The quantitative estimate of drug-likeness (QED) is 0.640. The molecule has 0 aromatic heterocycles. The van der Waals surface area contributed by atoms with E-state index in [0.717, 1.165) is 60.3 Å². The van der Waals surface area contributed by atoms with Crippen molar-refractivity contribution in [3.05, 3.63) is 47.5 Å². The smallest absolute Gasteiger partial charge is 0.194 e. The van der Waals surface area contributed by atoms with Crippen LogP contribution in [0.4, 0.5) is 11.4 Å². The summed E-state index contributed by atoms with van der Waals surface area (Å²) in [5, 5.41) is 3.47. The highest BCUT2D eigenvalue weighted by Gasteiger charge is 2.36. The van der Waals surface area contributed by atoms with Gasteiger partial charge in [0.05, 0.1) is 0 Å². The number of benzene rings is 2. The van der Waals surface area contributed by atoms with E-state index in [4.69, 9.17) is 5.73 Å². The lowest BCUT2D eigenvalue weighted by molar-refractivity contribution is 0.104. The molecular formula is C19H21Cl2N3O. The molecule has 2 fully saturated rings. The fourth-order valence-corrected chi connectivity index (χ4v) is 4.35. The van der Waals surface area contributed by atoms with Crippen molar-refractivity contribution in [2.24, 2.45) is 11.8 Å². The number of carbonyl (C=O) groups excluding carboxylic acids is 1. The molecule has 0 saturated carbocycles. The van der Waals surface area contributed by atoms with E-state index >= 15 is 0 Å². The van der Waals surface area contributed by atoms with E-state index in [0.29, 0.717) is 5.69 Å². The van der Waals surface area contributed by atoms with Gasteiger partial charge in [-0.3, -0.25) is 4.79 Å². The molecule has 2 heterocycles. The lowest BCUT2D eigenvalue weighted by atomic mass is 10.0. The van der Waals surface area contributed by atoms with E-state index in [-0.39, 0.29) is 30.6 Å². The second kappa shape index (κ2) is 6.52. The van der Waals surface area contributed by atoms with Crippen LogP contribution >= 0.6 is 24.8 Å². The van der Waals surface area contributed by atoms with Crippen LogP contribution in [-0.4, -0.2) is 32.0 Å². The summed E-state index contributed by atoms with van der Waals surface area (Å²) in [4.78, 5) is 15.2. The molecule has 2 aromatic carbocycles. The number of nitrogens with one attached hydrogen (secondary N) is 1. The number of nitrogen functional groups attached to an aromatic ring is 1. The first kappa shape index (κ1) is 18.1. The molecule has 0 spiro atoms. The van der Waals surface area contributed by atoms with Gasteiger partial charge in [0, 0.05) is 48.7 Å². The summed E-state index contributed by atoms with van der Waals surface area (Å²) in [5.41, 5.74) is 11.3. The molecule has 5 rings (SSSR count). The number of carbonyl (C=O) groups is 1. The second-order valence-electron chi connectivity index (χ2n) is 6.95. The summed E-state index contributed by atoms with van der Waals surface area (Å²) in [7, 11) is 0. The molecule has 4 nitrogen and oxygen atoms in total. The maximum Gasteiger partial charge on any atom is 0.194 e. The molecule has 3 aliphatic rings. The minimum Gasteiger partial charge on any atom is -0.399 e. The average molecular weight is 378 g/mol. The van der Waals surface area contributed by atoms with Crippen molar-refractivity contribution in [1.29, 1.82) is 0 Å². The number of fused-ring (bicyclic) bond motifs is 4. The minimum absolute atomic E-state index is 0. The standard InChI is InChI=1S/C19H19N3O.2ClH/c20-13-1-3-15-16-4-2-14(6-18(16)19(23)17(15)5-13)22-9-11-7-21-8-12(11)10-22;;/h1-6,11-12,21H,7-10,20H2;2*1H. The molecule has 2 aromatic rings. The predicted molar refractivity (Wildman–Crippen MR) is 106 cm³/mol. The molecule has 132 valence electrons. The van der Waals surface area contributed by atoms with Gasteiger partial charge in [-0.15, -0.1) is 24.8 Å². The van der Waals surface area contributed by atoms with E-state index in [2.05, 4.69) is 28.4 Å². The first-order valence-corrected chi connectivity index (χ1v) is 8.25. The van der Waals surface area contributed by atoms with Crippen LogP contribution in [-0.2, 0) is 0 Å². The van der Waals surface area contributed by atoms with Crippen LogP contribution in [0.3, 0.4) is 0 Å². The normalized spacial score (nSPS) is 22.7. The monoisotopic (exact) mass is 377 g/mol. The van der Waals surface area contributed by atoms with E-state index < -0.39 is 0 Å². The van der Waals surface area contributed by atoms with Crippen molar-refractivity contribution >= 4 is 42.0 Å². The van der Waals surface area contributed by atoms with E-state index in [1.165, 1.54) is 5.69 Å². The van der Waals surface area contributed by atoms with E-state index in [1.54, 1.807) is 6.07 Å². The van der Waals surface area contributed by atoms with Crippen LogP contribution in [0.25, 0.3) is 11.1 Å². The molecule has 25 heavy (non-hydrogen) atoms. The molecule has 0 radical (unpaired) electrons. The van der Waals surface area contributed by atoms with Crippen LogP contribution in [0.1, 0.15) is 15.9 Å². The second-order valence-corrected chi connectivity index (χ2v) is 6.95. The van der Waals surface area contributed by atoms with Crippen LogP contribution in [0.15, 0.2) is 36.4 Å². The molecule has 2 atom stereocenters. The van der Waals surface area contributed by atoms with Crippen molar-refractivity contribution in [3.63, 3.8) is 0 Å². The maximum atomic E-state index is 12.7. The van der Waals surface area contributed by atoms with Crippen LogP contribution < -0.4 is 16.0 Å². The number of nitrogens with zero attached hydrogens (tertiary/aromatic N) is 1. The Morgan fingerprint density at radius 2 is 1.48 bits per heavy atom. The Labute approximate surface area is 159 Å². The molecule has 6 heteroatoms. The number of nitrogens with two attached hydrogens (primary N) is 1. The van der Waals surface area contributed by atoms with Crippen LogP contribution in [0, 0.1) is 11.8 Å². The predicted octanol–water partition coefficient (Wildman–Crippen LogP) is 2.98. The zero-order valence-corrected chi connectivity index (χ0v) is 15.3. The lowest BCUT2D eigenvalue weighted by Gasteiger charge is -2.20. The highest BCUT2D eigenvalue weighted by atomic mass is 35.5. The summed E-state index contributed by atoms with van der Waals surface area (Å²) in [5.74, 6) is 1.59. The number of rotatable bonds is 1. The third kappa shape index (κ3) is 2.69. The number of halogens is 2. The van der Waals surface area contributed by atoms with Gasteiger partial charge in [0.2, 0.25) is 0 Å². The number of anilines is 2. The van der Waals surface area contributed by atoms with Crippen molar-refractivity contribution in [1.82, 2.24) is 5.32 Å². The van der Waals surface area contributed by atoms with Gasteiger partial charge in [-0.2, -0.15) is 0 Å². The molecule has 3 N–H and O–H groups in total. The fraction of sp³-hybridized carbons (Fsp3) is 0.316. The zero-order chi connectivity index (χ0) is 15.6. The Kier molecular flexibility index (Phi) is 4.71.